The number of nitrogens with zero attached hydrogens (tertiary/aromatic N) is 3. The van der Waals surface area contributed by atoms with Crippen LogP contribution in [0.3, 0.4) is 0 Å². The molecule has 1 aromatic rings. The zero-order chi connectivity index (χ0) is 11.5. The fraction of sp³-hybridized carbons (Fsp3) is 0.364. The van der Waals surface area contributed by atoms with E-state index >= 15 is 0 Å². The number of ether oxygens (including phenoxy) is 1. The lowest BCUT2D eigenvalue weighted by Gasteiger charge is -2.14. The highest BCUT2D eigenvalue weighted by Gasteiger charge is 2.29. The number of rotatable bonds is 3. The summed E-state index contributed by atoms with van der Waals surface area (Å²) < 4.78 is 4.99. The molecular formula is C11H13N3O2. The molecule has 0 saturated carbocycles. The maximum absolute atomic E-state index is 11.7. The predicted octanol–water partition coefficient (Wildman–Crippen LogP) is 1.02. The van der Waals surface area contributed by atoms with E-state index in [0.29, 0.717) is 24.7 Å². The van der Waals surface area contributed by atoms with Crippen molar-refractivity contribution in [3.8, 4) is 5.88 Å². The lowest BCUT2D eigenvalue weighted by molar-refractivity contribution is -0.117. The molecule has 1 aliphatic heterocycles. The minimum atomic E-state index is 0.0608. The average molecular weight is 219 g/mol. The Morgan fingerprint density at radius 2 is 2.44 bits per heavy atom. The first-order chi connectivity index (χ1) is 7.74. The van der Waals surface area contributed by atoms with Gasteiger partial charge >= 0.3 is 0 Å². The van der Waals surface area contributed by atoms with Gasteiger partial charge in [-0.05, 0) is 0 Å². The highest BCUT2D eigenvalue weighted by Crippen LogP contribution is 2.25. The molecule has 5 heteroatoms. The summed E-state index contributed by atoms with van der Waals surface area (Å²) in [5, 5.41) is 0. The van der Waals surface area contributed by atoms with E-state index in [9.17, 15) is 4.79 Å². The van der Waals surface area contributed by atoms with Gasteiger partial charge in [-0.3, -0.25) is 9.69 Å². The van der Waals surface area contributed by atoms with Crippen molar-refractivity contribution in [2.75, 3.05) is 18.6 Å². The van der Waals surface area contributed by atoms with Gasteiger partial charge in [0.2, 0.25) is 11.8 Å². The van der Waals surface area contributed by atoms with Crippen molar-refractivity contribution in [1.29, 1.82) is 0 Å². The average Bonchev–Trinajstić information content (AvgIpc) is 2.71. The summed E-state index contributed by atoms with van der Waals surface area (Å²) in [7, 11) is 1.53. The van der Waals surface area contributed by atoms with Gasteiger partial charge in [-0.15, -0.1) is 6.58 Å². The van der Waals surface area contributed by atoms with Crippen molar-refractivity contribution in [3.63, 3.8) is 0 Å². The van der Waals surface area contributed by atoms with Crippen LogP contribution in [-0.4, -0.2) is 29.5 Å². The third kappa shape index (κ3) is 1.88. The zero-order valence-electron chi connectivity index (χ0n) is 9.09. The highest BCUT2D eigenvalue weighted by atomic mass is 16.5. The van der Waals surface area contributed by atoms with E-state index in [4.69, 9.17) is 4.74 Å². The van der Waals surface area contributed by atoms with E-state index < -0.39 is 0 Å². The first kappa shape index (κ1) is 10.6. The number of aromatic nitrogens is 2. The van der Waals surface area contributed by atoms with E-state index in [1.807, 2.05) is 0 Å². The van der Waals surface area contributed by atoms with Crippen LogP contribution in [0.4, 0.5) is 5.82 Å². The molecule has 2 heterocycles. The number of hydrogen-bond donors (Lipinski definition) is 0. The normalized spacial score (nSPS) is 19.9. The van der Waals surface area contributed by atoms with Gasteiger partial charge in [-0.1, -0.05) is 6.08 Å². The van der Waals surface area contributed by atoms with Gasteiger partial charge in [0.15, 0.2) is 0 Å². The topological polar surface area (TPSA) is 55.3 Å². The van der Waals surface area contributed by atoms with Crippen LogP contribution in [0.25, 0.3) is 0 Å². The molecule has 1 unspecified atom stereocenters. The Bertz CT molecular complexity index is 419. The molecule has 1 aliphatic rings. The lowest BCUT2D eigenvalue weighted by atomic mass is 10.1. The Hall–Kier alpha value is -1.91. The molecule has 1 aromatic heterocycles. The number of hydrogen-bond acceptors (Lipinski definition) is 4. The molecule has 0 spiro atoms. The van der Waals surface area contributed by atoms with Crippen LogP contribution in [0.2, 0.25) is 0 Å². The van der Waals surface area contributed by atoms with Gasteiger partial charge in [0, 0.05) is 24.9 Å². The Balaban J connectivity index is 2.23. The van der Waals surface area contributed by atoms with Crippen molar-refractivity contribution in [2.24, 2.45) is 5.92 Å². The van der Waals surface area contributed by atoms with E-state index in [2.05, 4.69) is 16.5 Å². The predicted molar refractivity (Wildman–Crippen MR) is 59.2 cm³/mol. The van der Waals surface area contributed by atoms with E-state index in [-0.39, 0.29) is 11.8 Å². The smallest absolute Gasteiger partial charge is 0.228 e. The molecule has 0 aliphatic carbocycles. The van der Waals surface area contributed by atoms with E-state index in [0.717, 1.165) is 0 Å². The summed E-state index contributed by atoms with van der Waals surface area (Å²) in [4.78, 5) is 21.3. The highest BCUT2D eigenvalue weighted by molar-refractivity contribution is 5.95. The van der Waals surface area contributed by atoms with Crippen molar-refractivity contribution in [2.45, 2.75) is 6.42 Å². The van der Waals surface area contributed by atoms with Gasteiger partial charge in [0.1, 0.15) is 12.1 Å². The molecule has 1 fully saturated rings. The van der Waals surface area contributed by atoms with Crippen molar-refractivity contribution in [3.05, 3.63) is 25.0 Å². The first-order valence-corrected chi connectivity index (χ1v) is 5.03. The number of amides is 1. The summed E-state index contributed by atoms with van der Waals surface area (Å²) in [5.41, 5.74) is 0. The molecule has 0 radical (unpaired) electrons. The summed E-state index contributed by atoms with van der Waals surface area (Å²) >= 11 is 0. The molecule has 1 amide bonds. The van der Waals surface area contributed by atoms with Crippen molar-refractivity contribution in [1.82, 2.24) is 9.97 Å². The van der Waals surface area contributed by atoms with Gasteiger partial charge in [-0.25, -0.2) is 9.97 Å². The second-order valence-corrected chi connectivity index (χ2v) is 3.62. The molecule has 0 N–H and O–H groups in total. The summed E-state index contributed by atoms with van der Waals surface area (Å²) in [5.74, 6) is 1.31. The van der Waals surface area contributed by atoms with Gasteiger partial charge < -0.3 is 4.74 Å². The maximum atomic E-state index is 11.7. The van der Waals surface area contributed by atoms with Gasteiger partial charge in [0.25, 0.3) is 0 Å². The van der Waals surface area contributed by atoms with Crippen molar-refractivity contribution >= 4 is 11.7 Å². The second-order valence-electron chi connectivity index (χ2n) is 3.62. The number of anilines is 1. The van der Waals surface area contributed by atoms with Gasteiger partial charge in [0.05, 0.1) is 7.11 Å². The molecule has 0 bridgehead atoms. The van der Waals surface area contributed by atoms with Crippen LogP contribution in [0.1, 0.15) is 6.42 Å². The molecular weight excluding hydrogens is 206 g/mol. The van der Waals surface area contributed by atoms with E-state index in [1.54, 1.807) is 17.0 Å². The minimum absolute atomic E-state index is 0.0608. The fourth-order valence-electron chi connectivity index (χ4n) is 1.70. The molecule has 84 valence electrons. The van der Waals surface area contributed by atoms with Gasteiger partial charge in [-0.2, -0.15) is 0 Å². The fourth-order valence-corrected chi connectivity index (χ4v) is 1.70. The number of carbonyl (C=O) groups is 1. The Morgan fingerprint density at radius 1 is 1.62 bits per heavy atom. The quantitative estimate of drug-likeness (QED) is 0.712. The molecule has 5 nitrogen and oxygen atoms in total. The van der Waals surface area contributed by atoms with Crippen LogP contribution < -0.4 is 9.64 Å². The van der Waals surface area contributed by atoms with Crippen molar-refractivity contribution < 1.29 is 9.53 Å². The molecule has 1 saturated heterocycles. The Labute approximate surface area is 93.8 Å². The van der Waals surface area contributed by atoms with Crippen LogP contribution in [0.15, 0.2) is 25.0 Å². The second kappa shape index (κ2) is 4.30. The van der Waals surface area contributed by atoms with Crippen LogP contribution in [0, 0.1) is 5.92 Å². The summed E-state index contributed by atoms with van der Waals surface area (Å²) in [6.45, 7) is 4.33. The van der Waals surface area contributed by atoms with Crippen LogP contribution in [0.5, 0.6) is 5.88 Å². The Kier molecular flexibility index (Phi) is 2.85. The largest absolute Gasteiger partial charge is 0.481 e. The first-order valence-electron chi connectivity index (χ1n) is 5.03. The maximum Gasteiger partial charge on any atom is 0.228 e. The summed E-state index contributed by atoms with van der Waals surface area (Å²) in [6.07, 6.45) is 3.69. The third-order valence-electron chi connectivity index (χ3n) is 2.60. The summed E-state index contributed by atoms with van der Waals surface area (Å²) in [6, 6.07) is 1.66. The van der Waals surface area contributed by atoms with Crippen LogP contribution >= 0.6 is 0 Å². The molecule has 2 rings (SSSR count). The van der Waals surface area contributed by atoms with E-state index in [1.165, 1.54) is 13.4 Å². The minimum Gasteiger partial charge on any atom is -0.481 e. The number of carbonyl (C=O) groups excluding carboxylic acids is 1. The lowest BCUT2D eigenvalue weighted by Crippen LogP contribution is -2.25. The molecule has 16 heavy (non-hydrogen) atoms. The monoisotopic (exact) mass is 219 g/mol. The Morgan fingerprint density at radius 3 is 3.06 bits per heavy atom. The third-order valence-corrected chi connectivity index (χ3v) is 2.60. The SMILES string of the molecule is C=CC1CC(=O)N(c2cc(OC)ncn2)C1. The molecule has 0 aromatic carbocycles. The van der Waals surface area contributed by atoms with Crippen LogP contribution in [-0.2, 0) is 4.79 Å². The molecule has 1 atom stereocenters. The standard InChI is InChI=1S/C11H13N3O2/c1-3-8-4-11(15)14(6-8)9-5-10(16-2)13-7-12-9/h3,5,7-8H,1,4,6H2,2H3. The number of methoxy groups -OCH3 is 1. The zero-order valence-corrected chi connectivity index (χ0v) is 9.09.